The maximum atomic E-state index is 5.50. The Kier molecular flexibility index (Phi) is 4.18. The molecule has 0 aromatic heterocycles. The molecule has 0 saturated heterocycles. The Bertz CT molecular complexity index is 347. The Morgan fingerprint density at radius 1 is 1.43 bits per heavy atom. The fourth-order valence-corrected chi connectivity index (χ4v) is 1.44. The van der Waals surface area contributed by atoms with Crippen molar-refractivity contribution in [2.45, 2.75) is 26.3 Å². The van der Waals surface area contributed by atoms with E-state index in [2.05, 4.69) is 36.3 Å². The van der Waals surface area contributed by atoms with Crippen LogP contribution in [0.2, 0.25) is 0 Å². The van der Waals surface area contributed by atoms with Gasteiger partial charge in [0.15, 0.2) is 0 Å². The molecule has 1 aromatic carbocycles. The highest BCUT2D eigenvalue weighted by atomic mass is 15.2. The Hall–Kier alpha value is -1.30. The number of aryl methyl sites for hydroxylation is 1. The van der Waals surface area contributed by atoms with Gasteiger partial charge in [0, 0.05) is 6.42 Å². The van der Waals surface area contributed by atoms with Crippen molar-refractivity contribution in [2.24, 2.45) is 5.84 Å². The number of hydrazine groups is 1. The van der Waals surface area contributed by atoms with Crippen LogP contribution in [0.3, 0.4) is 0 Å². The van der Waals surface area contributed by atoms with E-state index in [-0.39, 0.29) is 6.04 Å². The van der Waals surface area contributed by atoms with E-state index < -0.39 is 0 Å². The predicted molar refractivity (Wildman–Crippen MR) is 59.3 cm³/mol. The second-order valence-electron chi connectivity index (χ2n) is 3.21. The van der Waals surface area contributed by atoms with Crippen molar-refractivity contribution < 1.29 is 0 Å². The van der Waals surface area contributed by atoms with Gasteiger partial charge in [-0.15, -0.1) is 11.8 Å². The summed E-state index contributed by atoms with van der Waals surface area (Å²) in [5, 5.41) is 0. The number of hydrogen-bond donors (Lipinski definition) is 2. The van der Waals surface area contributed by atoms with E-state index in [1.54, 1.807) is 0 Å². The van der Waals surface area contributed by atoms with Gasteiger partial charge in [-0.1, -0.05) is 24.3 Å². The summed E-state index contributed by atoms with van der Waals surface area (Å²) in [5.74, 6) is 11.4. The van der Waals surface area contributed by atoms with Crippen molar-refractivity contribution in [1.29, 1.82) is 0 Å². The number of nitrogens with one attached hydrogen (secondary N) is 1. The van der Waals surface area contributed by atoms with Crippen LogP contribution >= 0.6 is 0 Å². The van der Waals surface area contributed by atoms with E-state index in [9.17, 15) is 0 Å². The third-order valence-electron chi connectivity index (χ3n) is 2.25. The van der Waals surface area contributed by atoms with Gasteiger partial charge in [0.2, 0.25) is 0 Å². The molecular formula is C12H16N2. The monoisotopic (exact) mass is 188 g/mol. The number of hydrogen-bond acceptors (Lipinski definition) is 2. The topological polar surface area (TPSA) is 38.0 Å². The van der Waals surface area contributed by atoms with E-state index in [1.165, 1.54) is 11.1 Å². The predicted octanol–water partition coefficient (Wildman–Crippen LogP) is 1.91. The third kappa shape index (κ3) is 2.59. The average Bonchev–Trinajstić information content (AvgIpc) is 2.21. The van der Waals surface area contributed by atoms with Gasteiger partial charge in [0.25, 0.3) is 0 Å². The fourth-order valence-electron chi connectivity index (χ4n) is 1.44. The van der Waals surface area contributed by atoms with Crippen LogP contribution < -0.4 is 11.3 Å². The lowest BCUT2D eigenvalue weighted by atomic mass is 10.00. The van der Waals surface area contributed by atoms with Crippen molar-refractivity contribution in [1.82, 2.24) is 5.43 Å². The normalized spacial score (nSPS) is 11.6. The minimum Gasteiger partial charge on any atom is -0.271 e. The molecule has 0 bridgehead atoms. The minimum absolute atomic E-state index is 0.128. The lowest BCUT2D eigenvalue weighted by molar-refractivity contribution is 0.565. The van der Waals surface area contributed by atoms with E-state index in [4.69, 9.17) is 5.84 Å². The molecule has 0 saturated carbocycles. The van der Waals surface area contributed by atoms with Gasteiger partial charge in [-0.25, -0.2) is 0 Å². The standard InChI is InChI=1S/C12H16N2/c1-3-4-9-12(14-13)11-8-6-5-7-10(11)2/h5-8,12,14H,9,13H2,1-2H3. The first-order valence-corrected chi connectivity index (χ1v) is 4.71. The van der Waals surface area contributed by atoms with Crippen LogP contribution in [0.15, 0.2) is 24.3 Å². The third-order valence-corrected chi connectivity index (χ3v) is 2.25. The Morgan fingerprint density at radius 2 is 2.14 bits per heavy atom. The van der Waals surface area contributed by atoms with Gasteiger partial charge < -0.3 is 0 Å². The van der Waals surface area contributed by atoms with Crippen molar-refractivity contribution in [3.05, 3.63) is 35.4 Å². The molecule has 1 unspecified atom stereocenters. The smallest absolute Gasteiger partial charge is 0.0571 e. The Balaban J connectivity index is 2.87. The van der Waals surface area contributed by atoms with Crippen LogP contribution in [0.25, 0.3) is 0 Å². The quantitative estimate of drug-likeness (QED) is 0.432. The zero-order valence-electron chi connectivity index (χ0n) is 8.67. The van der Waals surface area contributed by atoms with Crippen LogP contribution in [-0.2, 0) is 0 Å². The molecule has 1 rings (SSSR count). The molecule has 0 fully saturated rings. The fraction of sp³-hybridized carbons (Fsp3) is 0.333. The molecule has 3 N–H and O–H groups in total. The van der Waals surface area contributed by atoms with E-state index in [1.807, 2.05) is 19.1 Å². The zero-order valence-corrected chi connectivity index (χ0v) is 8.67. The molecule has 0 spiro atoms. The van der Waals surface area contributed by atoms with Gasteiger partial charge in [-0.2, -0.15) is 0 Å². The van der Waals surface area contributed by atoms with Gasteiger partial charge >= 0.3 is 0 Å². The van der Waals surface area contributed by atoms with Crippen LogP contribution in [0.5, 0.6) is 0 Å². The maximum Gasteiger partial charge on any atom is 0.0571 e. The average molecular weight is 188 g/mol. The molecule has 74 valence electrons. The molecule has 0 aliphatic heterocycles. The molecular weight excluding hydrogens is 172 g/mol. The first kappa shape index (κ1) is 10.8. The number of benzene rings is 1. The summed E-state index contributed by atoms with van der Waals surface area (Å²) in [6, 6.07) is 8.34. The highest BCUT2D eigenvalue weighted by Gasteiger charge is 2.09. The maximum absolute atomic E-state index is 5.50. The number of rotatable bonds is 3. The first-order valence-electron chi connectivity index (χ1n) is 4.71. The highest BCUT2D eigenvalue weighted by molar-refractivity contribution is 5.29. The Labute approximate surface area is 85.5 Å². The van der Waals surface area contributed by atoms with Crippen LogP contribution in [0, 0.1) is 18.8 Å². The summed E-state index contributed by atoms with van der Waals surface area (Å²) in [6.07, 6.45) is 0.748. The molecule has 0 heterocycles. The van der Waals surface area contributed by atoms with Crippen LogP contribution in [-0.4, -0.2) is 0 Å². The molecule has 0 aliphatic rings. The van der Waals surface area contributed by atoms with Crippen molar-refractivity contribution in [3.63, 3.8) is 0 Å². The summed E-state index contributed by atoms with van der Waals surface area (Å²) in [5.41, 5.74) is 5.26. The summed E-state index contributed by atoms with van der Waals surface area (Å²) in [7, 11) is 0. The SMILES string of the molecule is CC#CCC(NN)c1ccccc1C. The molecule has 0 aliphatic carbocycles. The second kappa shape index (κ2) is 5.43. The number of nitrogens with two attached hydrogens (primary N) is 1. The molecule has 0 amide bonds. The van der Waals surface area contributed by atoms with Gasteiger partial charge in [-0.3, -0.25) is 11.3 Å². The summed E-state index contributed by atoms with van der Waals surface area (Å²) in [6.45, 7) is 3.92. The lowest BCUT2D eigenvalue weighted by Gasteiger charge is -2.15. The van der Waals surface area contributed by atoms with Crippen molar-refractivity contribution in [3.8, 4) is 11.8 Å². The van der Waals surface area contributed by atoms with Gasteiger partial charge in [0.05, 0.1) is 6.04 Å². The van der Waals surface area contributed by atoms with Crippen molar-refractivity contribution in [2.75, 3.05) is 0 Å². The van der Waals surface area contributed by atoms with Gasteiger partial charge in [0.1, 0.15) is 0 Å². The highest BCUT2D eigenvalue weighted by Crippen LogP contribution is 2.18. The van der Waals surface area contributed by atoms with E-state index in [0.29, 0.717) is 0 Å². The minimum atomic E-state index is 0.128. The second-order valence-corrected chi connectivity index (χ2v) is 3.21. The molecule has 1 atom stereocenters. The molecule has 2 nitrogen and oxygen atoms in total. The lowest BCUT2D eigenvalue weighted by Crippen LogP contribution is -2.28. The van der Waals surface area contributed by atoms with Gasteiger partial charge in [-0.05, 0) is 25.0 Å². The van der Waals surface area contributed by atoms with E-state index in [0.717, 1.165) is 6.42 Å². The molecule has 2 heteroatoms. The first-order chi connectivity index (χ1) is 6.79. The summed E-state index contributed by atoms with van der Waals surface area (Å²) in [4.78, 5) is 0. The molecule has 14 heavy (non-hydrogen) atoms. The van der Waals surface area contributed by atoms with Crippen molar-refractivity contribution >= 4 is 0 Å². The molecule has 0 radical (unpaired) electrons. The largest absolute Gasteiger partial charge is 0.271 e. The van der Waals surface area contributed by atoms with Crippen LogP contribution in [0.4, 0.5) is 0 Å². The Morgan fingerprint density at radius 3 is 2.71 bits per heavy atom. The van der Waals surface area contributed by atoms with E-state index >= 15 is 0 Å². The van der Waals surface area contributed by atoms with Crippen LogP contribution in [0.1, 0.15) is 30.5 Å². The summed E-state index contributed by atoms with van der Waals surface area (Å²) < 4.78 is 0. The zero-order chi connectivity index (χ0) is 10.4. The molecule has 1 aromatic rings. The summed E-state index contributed by atoms with van der Waals surface area (Å²) >= 11 is 0.